The van der Waals surface area contributed by atoms with Gasteiger partial charge in [0, 0.05) is 24.8 Å². The number of aliphatic hydroxyl groups excluding tert-OH is 1. The Morgan fingerprint density at radius 2 is 2.20 bits per heavy atom. The first kappa shape index (κ1) is 16.0. The summed E-state index contributed by atoms with van der Waals surface area (Å²) < 4.78 is 13.2. The molecule has 20 heavy (non-hydrogen) atoms. The summed E-state index contributed by atoms with van der Waals surface area (Å²) >= 11 is 0. The number of aliphatic hydroxyl groups is 1. The highest BCUT2D eigenvalue weighted by Gasteiger charge is 2.14. The van der Waals surface area contributed by atoms with E-state index in [9.17, 15) is 19.3 Å². The van der Waals surface area contributed by atoms with Crippen molar-refractivity contribution >= 4 is 11.6 Å². The van der Waals surface area contributed by atoms with E-state index in [0.29, 0.717) is 13.0 Å². The van der Waals surface area contributed by atoms with Gasteiger partial charge in [-0.2, -0.15) is 0 Å². The fraction of sp³-hybridized carbons (Fsp3) is 0.462. The molecule has 1 rings (SSSR count). The van der Waals surface area contributed by atoms with Crippen molar-refractivity contribution < 1.29 is 19.2 Å². The highest BCUT2D eigenvalue weighted by molar-refractivity contribution is 5.94. The number of nitro benzene ring substituents is 1. The third-order valence-electron chi connectivity index (χ3n) is 2.83. The third-order valence-corrected chi connectivity index (χ3v) is 2.83. The van der Waals surface area contributed by atoms with Gasteiger partial charge in [-0.1, -0.05) is 6.92 Å². The maximum Gasteiger partial charge on any atom is 0.273 e. The van der Waals surface area contributed by atoms with Crippen LogP contribution < -0.4 is 5.32 Å². The van der Waals surface area contributed by atoms with Crippen molar-refractivity contribution in [2.45, 2.75) is 19.8 Å². The average molecular weight is 284 g/mol. The standard InChI is InChI=1S/C13H17FN2O4/c1-9(8-17)3-2-4-15-13(18)10-5-11(14)7-12(6-10)16(19)20/h5-7,9,17H,2-4,8H2,1H3,(H,15,18). The SMILES string of the molecule is CC(CO)CCCNC(=O)c1cc(F)cc([N+](=O)[O-])c1. The number of nitrogens with one attached hydrogen (secondary N) is 1. The molecule has 0 saturated carbocycles. The molecule has 1 unspecified atom stereocenters. The van der Waals surface area contributed by atoms with Crippen LogP contribution in [0.25, 0.3) is 0 Å². The van der Waals surface area contributed by atoms with Crippen LogP contribution in [-0.2, 0) is 0 Å². The Kier molecular flexibility index (Phi) is 6.05. The normalized spacial score (nSPS) is 11.9. The number of nitro groups is 1. The minimum atomic E-state index is -0.821. The first-order chi connectivity index (χ1) is 9.43. The number of amides is 1. The predicted molar refractivity (Wildman–Crippen MR) is 70.9 cm³/mol. The minimum absolute atomic E-state index is 0.0769. The second-order valence-electron chi connectivity index (χ2n) is 4.64. The summed E-state index contributed by atoms with van der Waals surface area (Å²) in [6.45, 7) is 2.34. The molecule has 1 atom stereocenters. The van der Waals surface area contributed by atoms with E-state index in [0.717, 1.165) is 24.6 Å². The molecule has 0 aliphatic rings. The highest BCUT2D eigenvalue weighted by Crippen LogP contribution is 2.16. The zero-order valence-electron chi connectivity index (χ0n) is 11.1. The lowest BCUT2D eigenvalue weighted by Crippen LogP contribution is -2.25. The molecule has 0 radical (unpaired) electrons. The molecule has 7 heteroatoms. The van der Waals surface area contributed by atoms with Crippen molar-refractivity contribution in [2.75, 3.05) is 13.2 Å². The number of rotatable bonds is 7. The Morgan fingerprint density at radius 3 is 2.80 bits per heavy atom. The summed E-state index contributed by atoms with van der Waals surface area (Å²) in [6.07, 6.45) is 1.42. The van der Waals surface area contributed by atoms with E-state index < -0.39 is 22.3 Å². The van der Waals surface area contributed by atoms with Gasteiger partial charge in [0.15, 0.2) is 0 Å². The van der Waals surface area contributed by atoms with Crippen molar-refractivity contribution in [2.24, 2.45) is 5.92 Å². The molecule has 1 amide bonds. The number of benzene rings is 1. The van der Waals surface area contributed by atoms with Crippen LogP contribution >= 0.6 is 0 Å². The summed E-state index contributed by atoms with van der Waals surface area (Å²) in [6, 6.07) is 2.76. The molecule has 0 aliphatic carbocycles. The molecule has 1 aromatic rings. The van der Waals surface area contributed by atoms with Crippen molar-refractivity contribution in [1.82, 2.24) is 5.32 Å². The Hall–Kier alpha value is -2.02. The maximum absolute atomic E-state index is 13.2. The highest BCUT2D eigenvalue weighted by atomic mass is 19.1. The molecule has 0 heterocycles. The topological polar surface area (TPSA) is 92.5 Å². The molecule has 6 nitrogen and oxygen atoms in total. The summed E-state index contributed by atoms with van der Waals surface area (Å²) in [5.74, 6) is -1.22. The second kappa shape index (κ2) is 7.54. The van der Waals surface area contributed by atoms with Crippen LogP contribution in [0.3, 0.4) is 0 Å². The van der Waals surface area contributed by atoms with Crippen molar-refractivity contribution in [3.63, 3.8) is 0 Å². The molecule has 1 aromatic carbocycles. The van der Waals surface area contributed by atoms with Crippen LogP contribution in [0.2, 0.25) is 0 Å². The van der Waals surface area contributed by atoms with E-state index in [1.54, 1.807) is 0 Å². The van der Waals surface area contributed by atoms with Crippen LogP contribution in [0.5, 0.6) is 0 Å². The fourth-order valence-electron chi connectivity index (χ4n) is 1.66. The lowest BCUT2D eigenvalue weighted by Gasteiger charge is -2.08. The van der Waals surface area contributed by atoms with Gasteiger partial charge in [0.05, 0.1) is 11.0 Å². The number of hydrogen-bond donors (Lipinski definition) is 2. The lowest BCUT2D eigenvalue weighted by molar-refractivity contribution is -0.385. The van der Waals surface area contributed by atoms with E-state index in [2.05, 4.69) is 5.32 Å². The van der Waals surface area contributed by atoms with Crippen LogP contribution in [0, 0.1) is 21.8 Å². The average Bonchev–Trinajstić information content (AvgIpc) is 2.42. The first-order valence-corrected chi connectivity index (χ1v) is 6.28. The van der Waals surface area contributed by atoms with Crippen LogP contribution in [-0.4, -0.2) is 29.1 Å². The predicted octanol–water partition coefficient (Wildman–Crippen LogP) is 1.87. The zero-order chi connectivity index (χ0) is 15.1. The molecule has 0 bridgehead atoms. The Balaban J connectivity index is 2.57. The van der Waals surface area contributed by atoms with Gasteiger partial charge in [-0.25, -0.2) is 4.39 Å². The number of nitrogens with zero attached hydrogens (tertiary/aromatic N) is 1. The third kappa shape index (κ3) is 4.93. The summed E-state index contributed by atoms with van der Waals surface area (Å²) in [5.41, 5.74) is -0.532. The second-order valence-corrected chi connectivity index (χ2v) is 4.64. The molecule has 0 spiro atoms. The summed E-state index contributed by atoms with van der Waals surface area (Å²) in [7, 11) is 0. The molecule has 110 valence electrons. The fourth-order valence-corrected chi connectivity index (χ4v) is 1.66. The van der Waals surface area contributed by atoms with Gasteiger partial charge in [0.2, 0.25) is 0 Å². The molecule has 0 aromatic heterocycles. The van der Waals surface area contributed by atoms with Crippen molar-refractivity contribution in [3.05, 3.63) is 39.7 Å². The van der Waals surface area contributed by atoms with Crippen molar-refractivity contribution in [1.29, 1.82) is 0 Å². The lowest BCUT2D eigenvalue weighted by atomic mass is 10.1. The van der Waals surface area contributed by atoms with E-state index in [1.807, 2.05) is 6.92 Å². The monoisotopic (exact) mass is 284 g/mol. The smallest absolute Gasteiger partial charge is 0.273 e. The van der Waals surface area contributed by atoms with Gasteiger partial charge in [-0.05, 0) is 24.8 Å². The Morgan fingerprint density at radius 1 is 1.50 bits per heavy atom. The number of carbonyl (C=O) groups excluding carboxylic acids is 1. The van der Waals surface area contributed by atoms with E-state index in [1.165, 1.54) is 0 Å². The molecular weight excluding hydrogens is 267 g/mol. The number of halogens is 1. The number of non-ortho nitro benzene ring substituents is 1. The van der Waals surface area contributed by atoms with Gasteiger partial charge in [0.25, 0.3) is 11.6 Å². The first-order valence-electron chi connectivity index (χ1n) is 6.28. The van der Waals surface area contributed by atoms with Crippen molar-refractivity contribution in [3.8, 4) is 0 Å². The quantitative estimate of drug-likeness (QED) is 0.454. The van der Waals surface area contributed by atoms with Gasteiger partial charge in [0.1, 0.15) is 5.82 Å². The van der Waals surface area contributed by atoms with Crippen LogP contribution in [0.15, 0.2) is 18.2 Å². The molecule has 0 saturated heterocycles. The minimum Gasteiger partial charge on any atom is -0.396 e. The molecular formula is C13H17FN2O4. The van der Waals surface area contributed by atoms with Crippen LogP contribution in [0.1, 0.15) is 30.1 Å². The Bertz CT molecular complexity index is 493. The maximum atomic E-state index is 13.2. The summed E-state index contributed by atoms with van der Waals surface area (Å²) in [4.78, 5) is 21.6. The van der Waals surface area contributed by atoms with Gasteiger partial charge < -0.3 is 10.4 Å². The molecule has 0 fully saturated rings. The van der Waals surface area contributed by atoms with E-state index in [-0.39, 0.29) is 18.1 Å². The van der Waals surface area contributed by atoms with Gasteiger partial charge in [-0.3, -0.25) is 14.9 Å². The van der Waals surface area contributed by atoms with E-state index in [4.69, 9.17) is 5.11 Å². The zero-order valence-corrected chi connectivity index (χ0v) is 11.1. The summed E-state index contributed by atoms with van der Waals surface area (Å²) in [5, 5.41) is 22.0. The molecule has 0 aliphatic heterocycles. The number of carbonyl (C=O) groups is 1. The van der Waals surface area contributed by atoms with E-state index >= 15 is 0 Å². The molecule has 2 N–H and O–H groups in total. The Labute approximate surface area is 115 Å². The van der Waals surface area contributed by atoms with Crippen LogP contribution in [0.4, 0.5) is 10.1 Å². The largest absolute Gasteiger partial charge is 0.396 e. The van der Waals surface area contributed by atoms with Gasteiger partial charge in [-0.15, -0.1) is 0 Å². The number of hydrogen-bond acceptors (Lipinski definition) is 4. The van der Waals surface area contributed by atoms with Gasteiger partial charge >= 0.3 is 0 Å².